The van der Waals surface area contributed by atoms with Crippen LogP contribution in [0.4, 0.5) is 0 Å². The van der Waals surface area contributed by atoms with Crippen LogP contribution in [0.15, 0.2) is 11.1 Å². The number of nitrogens with zero attached hydrogens (tertiary/aromatic N) is 2. The van der Waals surface area contributed by atoms with Crippen LogP contribution in [0.3, 0.4) is 0 Å². The number of hydrogen-bond acceptors (Lipinski definition) is 3. The highest BCUT2D eigenvalue weighted by molar-refractivity contribution is 7.89. The number of nitrogens with one attached hydrogen (secondary N) is 1. The standard InChI is InChI=1S/C10H19N3O2S/c1-5-13(7-8(2)3)16(14,15)10-6-11-12-9(10)4/h6,8H,5,7H2,1-4H3,(H,11,12). The van der Waals surface area contributed by atoms with Gasteiger partial charge < -0.3 is 0 Å². The Morgan fingerprint density at radius 3 is 2.50 bits per heavy atom. The molecule has 1 aromatic heterocycles. The third-order valence-electron chi connectivity index (χ3n) is 2.32. The van der Waals surface area contributed by atoms with E-state index in [2.05, 4.69) is 10.2 Å². The van der Waals surface area contributed by atoms with Crippen molar-refractivity contribution in [2.75, 3.05) is 13.1 Å². The summed E-state index contributed by atoms with van der Waals surface area (Å²) in [5.41, 5.74) is 0.585. The van der Waals surface area contributed by atoms with E-state index in [1.807, 2.05) is 20.8 Å². The SMILES string of the molecule is CCN(CC(C)C)S(=O)(=O)c1cn[nH]c1C. The summed E-state index contributed by atoms with van der Waals surface area (Å²) >= 11 is 0. The Hall–Kier alpha value is -0.880. The predicted octanol–water partition coefficient (Wildman–Crippen LogP) is 1.38. The fourth-order valence-corrected chi connectivity index (χ4v) is 3.27. The van der Waals surface area contributed by atoms with Crippen LogP contribution in [-0.4, -0.2) is 36.0 Å². The van der Waals surface area contributed by atoms with Gasteiger partial charge in [-0.2, -0.15) is 9.40 Å². The van der Waals surface area contributed by atoms with Gasteiger partial charge in [0.15, 0.2) is 0 Å². The van der Waals surface area contributed by atoms with Crippen molar-refractivity contribution in [1.82, 2.24) is 14.5 Å². The molecule has 1 N–H and O–H groups in total. The summed E-state index contributed by atoms with van der Waals surface area (Å²) in [5, 5.41) is 6.40. The molecule has 1 heterocycles. The van der Waals surface area contributed by atoms with E-state index in [0.29, 0.717) is 24.7 Å². The summed E-state index contributed by atoms with van der Waals surface area (Å²) in [7, 11) is -3.39. The van der Waals surface area contributed by atoms with E-state index in [9.17, 15) is 8.42 Å². The first kappa shape index (κ1) is 13.2. The first-order valence-corrected chi connectivity index (χ1v) is 6.83. The van der Waals surface area contributed by atoms with Crippen LogP contribution in [-0.2, 0) is 10.0 Å². The lowest BCUT2D eigenvalue weighted by Gasteiger charge is -2.21. The van der Waals surface area contributed by atoms with Crippen molar-refractivity contribution < 1.29 is 8.42 Å². The number of H-pyrrole nitrogens is 1. The third-order valence-corrected chi connectivity index (χ3v) is 4.38. The van der Waals surface area contributed by atoms with Crippen molar-refractivity contribution in [3.63, 3.8) is 0 Å². The number of sulfonamides is 1. The molecular formula is C10H19N3O2S. The Kier molecular flexibility index (Phi) is 4.09. The van der Waals surface area contributed by atoms with Crippen molar-refractivity contribution in [3.05, 3.63) is 11.9 Å². The van der Waals surface area contributed by atoms with Gasteiger partial charge in [0.2, 0.25) is 10.0 Å². The molecule has 0 unspecified atom stereocenters. The zero-order chi connectivity index (χ0) is 12.3. The minimum atomic E-state index is -3.39. The van der Waals surface area contributed by atoms with Crippen LogP contribution < -0.4 is 0 Å². The van der Waals surface area contributed by atoms with Gasteiger partial charge in [-0.15, -0.1) is 0 Å². The van der Waals surface area contributed by atoms with E-state index in [0.717, 1.165) is 0 Å². The van der Waals surface area contributed by atoms with Crippen LogP contribution >= 0.6 is 0 Å². The first-order valence-electron chi connectivity index (χ1n) is 5.39. The minimum Gasteiger partial charge on any atom is -0.281 e. The smallest absolute Gasteiger partial charge is 0.246 e. The Bertz CT molecular complexity index is 437. The van der Waals surface area contributed by atoms with Gasteiger partial charge in [0.25, 0.3) is 0 Å². The molecule has 0 aliphatic rings. The van der Waals surface area contributed by atoms with Gasteiger partial charge >= 0.3 is 0 Å². The van der Waals surface area contributed by atoms with Gasteiger partial charge in [0.1, 0.15) is 4.90 Å². The molecule has 0 bridgehead atoms. The lowest BCUT2D eigenvalue weighted by Crippen LogP contribution is -2.34. The summed E-state index contributed by atoms with van der Waals surface area (Å²) < 4.78 is 26.0. The molecule has 0 saturated carbocycles. The number of aromatic nitrogens is 2. The highest BCUT2D eigenvalue weighted by atomic mass is 32.2. The summed E-state index contributed by atoms with van der Waals surface area (Å²) in [6.07, 6.45) is 1.37. The zero-order valence-corrected chi connectivity index (χ0v) is 11.0. The fraction of sp³-hybridized carbons (Fsp3) is 0.700. The molecule has 0 aliphatic carbocycles. The second-order valence-corrected chi connectivity index (χ2v) is 6.12. The maximum absolute atomic E-state index is 12.2. The van der Waals surface area contributed by atoms with E-state index in [4.69, 9.17) is 0 Å². The maximum Gasteiger partial charge on any atom is 0.246 e. The van der Waals surface area contributed by atoms with Crippen LogP contribution in [0.25, 0.3) is 0 Å². The number of aryl methyl sites for hydroxylation is 1. The monoisotopic (exact) mass is 245 g/mol. The number of hydrogen-bond donors (Lipinski definition) is 1. The summed E-state index contributed by atoms with van der Waals surface area (Å²) in [5.74, 6) is 0.307. The molecule has 0 atom stereocenters. The van der Waals surface area contributed by atoms with Gasteiger partial charge in [-0.05, 0) is 12.8 Å². The van der Waals surface area contributed by atoms with Gasteiger partial charge in [-0.25, -0.2) is 8.42 Å². The summed E-state index contributed by atoms with van der Waals surface area (Å²) in [6, 6.07) is 0. The van der Waals surface area contributed by atoms with Gasteiger partial charge in [-0.1, -0.05) is 20.8 Å². The van der Waals surface area contributed by atoms with Gasteiger partial charge in [0.05, 0.1) is 11.9 Å². The molecule has 1 aromatic rings. The lowest BCUT2D eigenvalue weighted by molar-refractivity contribution is 0.380. The van der Waals surface area contributed by atoms with E-state index < -0.39 is 10.0 Å². The van der Waals surface area contributed by atoms with Crippen molar-refractivity contribution in [3.8, 4) is 0 Å². The fourth-order valence-electron chi connectivity index (χ4n) is 1.54. The third kappa shape index (κ3) is 2.62. The van der Waals surface area contributed by atoms with Crippen molar-refractivity contribution in [2.24, 2.45) is 5.92 Å². The highest BCUT2D eigenvalue weighted by Crippen LogP contribution is 2.18. The van der Waals surface area contributed by atoms with E-state index >= 15 is 0 Å². The minimum absolute atomic E-state index is 0.273. The molecule has 6 heteroatoms. The van der Waals surface area contributed by atoms with Gasteiger partial charge in [0, 0.05) is 13.1 Å². The number of aromatic amines is 1. The highest BCUT2D eigenvalue weighted by Gasteiger charge is 2.26. The average molecular weight is 245 g/mol. The average Bonchev–Trinajstić information content (AvgIpc) is 2.60. The topological polar surface area (TPSA) is 66.1 Å². The van der Waals surface area contributed by atoms with Crippen LogP contribution in [0.1, 0.15) is 26.5 Å². The van der Waals surface area contributed by atoms with Crippen LogP contribution in [0.5, 0.6) is 0 Å². The molecule has 0 spiro atoms. The molecule has 5 nitrogen and oxygen atoms in total. The number of rotatable bonds is 5. The van der Waals surface area contributed by atoms with E-state index in [1.54, 1.807) is 6.92 Å². The van der Waals surface area contributed by atoms with Crippen LogP contribution in [0.2, 0.25) is 0 Å². The van der Waals surface area contributed by atoms with Crippen molar-refractivity contribution in [2.45, 2.75) is 32.6 Å². The largest absolute Gasteiger partial charge is 0.281 e. The summed E-state index contributed by atoms with van der Waals surface area (Å²) in [6.45, 7) is 8.56. The Balaban J connectivity index is 3.05. The normalized spacial score (nSPS) is 12.6. The van der Waals surface area contributed by atoms with Crippen molar-refractivity contribution >= 4 is 10.0 Å². The molecule has 0 aliphatic heterocycles. The second kappa shape index (κ2) is 4.97. The molecule has 92 valence electrons. The molecule has 0 saturated heterocycles. The Labute approximate surface area is 96.9 Å². The molecular weight excluding hydrogens is 226 g/mol. The Morgan fingerprint density at radius 1 is 1.50 bits per heavy atom. The molecule has 16 heavy (non-hydrogen) atoms. The maximum atomic E-state index is 12.2. The second-order valence-electron chi connectivity index (χ2n) is 4.21. The molecule has 0 amide bonds. The first-order chi connectivity index (χ1) is 7.39. The van der Waals surface area contributed by atoms with E-state index in [1.165, 1.54) is 10.5 Å². The van der Waals surface area contributed by atoms with Gasteiger partial charge in [-0.3, -0.25) is 5.10 Å². The molecule has 0 aromatic carbocycles. The van der Waals surface area contributed by atoms with Crippen LogP contribution in [0, 0.1) is 12.8 Å². The molecule has 1 rings (SSSR count). The van der Waals surface area contributed by atoms with Crippen molar-refractivity contribution in [1.29, 1.82) is 0 Å². The summed E-state index contributed by atoms with van der Waals surface area (Å²) in [4.78, 5) is 0.273. The predicted molar refractivity (Wildman–Crippen MR) is 62.6 cm³/mol. The molecule has 0 radical (unpaired) electrons. The zero-order valence-electron chi connectivity index (χ0n) is 10.2. The lowest BCUT2D eigenvalue weighted by atomic mass is 10.2. The van der Waals surface area contributed by atoms with E-state index in [-0.39, 0.29) is 4.90 Å². The molecule has 0 fully saturated rings. The quantitative estimate of drug-likeness (QED) is 0.852. The Morgan fingerprint density at radius 2 is 2.12 bits per heavy atom.